The van der Waals surface area contributed by atoms with Crippen molar-refractivity contribution in [2.75, 3.05) is 42.6 Å². The van der Waals surface area contributed by atoms with Crippen molar-refractivity contribution in [2.24, 2.45) is 11.7 Å². The fourth-order valence-electron chi connectivity index (χ4n) is 4.99. The van der Waals surface area contributed by atoms with Crippen molar-refractivity contribution in [3.8, 4) is 5.75 Å². The first-order chi connectivity index (χ1) is 17.9. The molecule has 2 unspecified atom stereocenters. The first kappa shape index (κ1) is 25.3. The molecule has 2 atom stereocenters. The second-order valence-corrected chi connectivity index (χ2v) is 10.2. The molecule has 0 saturated carbocycles. The van der Waals surface area contributed by atoms with Gasteiger partial charge in [0.05, 0.1) is 19.0 Å². The van der Waals surface area contributed by atoms with E-state index in [1.165, 1.54) is 6.07 Å². The number of ether oxygens (including phenoxy) is 1. The van der Waals surface area contributed by atoms with E-state index in [1.54, 1.807) is 12.4 Å². The van der Waals surface area contributed by atoms with Crippen LogP contribution in [0.2, 0.25) is 0 Å². The highest BCUT2D eigenvalue weighted by molar-refractivity contribution is 5.35. The Morgan fingerprint density at radius 1 is 1.08 bits per heavy atom. The molecule has 198 valence electrons. The van der Waals surface area contributed by atoms with E-state index in [1.807, 2.05) is 18.7 Å². The van der Waals surface area contributed by atoms with Gasteiger partial charge in [-0.1, -0.05) is 19.0 Å². The van der Waals surface area contributed by atoms with Crippen molar-refractivity contribution in [3.63, 3.8) is 0 Å². The first-order valence-corrected chi connectivity index (χ1v) is 12.9. The van der Waals surface area contributed by atoms with Crippen LogP contribution in [-0.4, -0.2) is 58.9 Å². The lowest BCUT2D eigenvalue weighted by Gasteiger charge is -2.37. The van der Waals surface area contributed by atoms with Crippen molar-refractivity contribution in [2.45, 2.75) is 51.0 Å². The van der Waals surface area contributed by atoms with E-state index in [0.717, 1.165) is 43.9 Å². The Hall–Kier alpha value is -3.34. The molecule has 2 aliphatic rings. The zero-order valence-electron chi connectivity index (χ0n) is 21.2. The summed E-state index contributed by atoms with van der Waals surface area (Å²) < 4.78 is 39.3. The van der Waals surface area contributed by atoms with Gasteiger partial charge in [0.2, 0.25) is 5.95 Å². The maximum Gasteiger partial charge on any atom is 0.324 e. The van der Waals surface area contributed by atoms with Gasteiger partial charge in [-0.05, 0) is 48.9 Å². The standard InChI is InChI=1S/C26H33F2N7O2/c1-16(2)24-32-26(37-33-24)34-8-5-17(6-9-34)15-36-19-12-30-25(31-13-19)35-10-7-20(23(29)14-35)21-11-18(27)3-4-22(21)28/h3-4,11-13,16-17,20,23H,5-10,14-15,29H2,1-2H3. The Morgan fingerprint density at radius 3 is 2.49 bits per heavy atom. The summed E-state index contributed by atoms with van der Waals surface area (Å²) in [7, 11) is 0. The van der Waals surface area contributed by atoms with Gasteiger partial charge in [0, 0.05) is 44.1 Å². The van der Waals surface area contributed by atoms with E-state index >= 15 is 0 Å². The largest absolute Gasteiger partial charge is 0.490 e. The number of hydrogen-bond acceptors (Lipinski definition) is 9. The molecule has 9 nitrogen and oxygen atoms in total. The summed E-state index contributed by atoms with van der Waals surface area (Å²) in [4.78, 5) is 17.5. The summed E-state index contributed by atoms with van der Waals surface area (Å²) in [6.07, 6.45) is 5.87. The number of aromatic nitrogens is 4. The van der Waals surface area contributed by atoms with Crippen LogP contribution >= 0.6 is 0 Å². The molecule has 2 aliphatic heterocycles. The smallest absolute Gasteiger partial charge is 0.324 e. The third kappa shape index (κ3) is 5.82. The Bertz CT molecular complexity index is 1180. The van der Waals surface area contributed by atoms with Gasteiger partial charge in [-0.3, -0.25) is 0 Å². The van der Waals surface area contributed by atoms with Gasteiger partial charge in [0.25, 0.3) is 0 Å². The Labute approximate surface area is 215 Å². The molecular formula is C26H33F2N7O2. The molecule has 3 aromatic rings. The van der Waals surface area contributed by atoms with Crippen molar-refractivity contribution in [3.05, 3.63) is 53.6 Å². The number of halogens is 2. The van der Waals surface area contributed by atoms with Gasteiger partial charge in [-0.25, -0.2) is 18.7 Å². The van der Waals surface area contributed by atoms with E-state index < -0.39 is 11.6 Å². The van der Waals surface area contributed by atoms with Gasteiger partial charge in [0.1, 0.15) is 11.6 Å². The molecule has 11 heteroatoms. The first-order valence-electron chi connectivity index (χ1n) is 12.9. The molecule has 37 heavy (non-hydrogen) atoms. The number of piperidine rings is 2. The predicted molar refractivity (Wildman–Crippen MR) is 135 cm³/mol. The van der Waals surface area contributed by atoms with E-state index in [4.69, 9.17) is 15.0 Å². The van der Waals surface area contributed by atoms with Crippen molar-refractivity contribution < 1.29 is 18.0 Å². The maximum atomic E-state index is 14.2. The average molecular weight is 514 g/mol. The molecule has 0 radical (unpaired) electrons. The van der Waals surface area contributed by atoms with Crippen LogP contribution in [0.3, 0.4) is 0 Å². The lowest BCUT2D eigenvalue weighted by Crippen LogP contribution is -2.48. The molecule has 5 rings (SSSR count). The molecule has 2 N–H and O–H groups in total. The Morgan fingerprint density at radius 2 is 1.81 bits per heavy atom. The monoisotopic (exact) mass is 513 g/mol. The lowest BCUT2D eigenvalue weighted by molar-refractivity contribution is 0.219. The number of anilines is 2. The van der Waals surface area contributed by atoms with E-state index in [-0.39, 0.29) is 17.9 Å². The second kappa shape index (κ2) is 11.0. The molecule has 2 saturated heterocycles. The fraction of sp³-hybridized carbons (Fsp3) is 0.538. The molecule has 2 aromatic heterocycles. The number of benzene rings is 1. The van der Waals surface area contributed by atoms with Crippen molar-refractivity contribution in [1.29, 1.82) is 0 Å². The normalized spacial score (nSPS) is 21.0. The van der Waals surface area contributed by atoms with Crippen LogP contribution in [-0.2, 0) is 0 Å². The predicted octanol–water partition coefficient (Wildman–Crippen LogP) is 3.88. The molecular weight excluding hydrogens is 480 g/mol. The molecule has 0 amide bonds. The van der Waals surface area contributed by atoms with E-state index in [2.05, 4.69) is 25.0 Å². The molecule has 4 heterocycles. The average Bonchev–Trinajstić information content (AvgIpc) is 3.41. The van der Waals surface area contributed by atoms with Crippen LogP contribution in [0, 0.1) is 17.6 Å². The highest BCUT2D eigenvalue weighted by atomic mass is 19.1. The lowest BCUT2D eigenvalue weighted by atomic mass is 9.85. The summed E-state index contributed by atoms with van der Waals surface area (Å²) in [5.41, 5.74) is 6.68. The minimum absolute atomic E-state index is 0.241. The maximum absolute atomic E-state index is 14.2. The molecule has 0 spiro atoms. The minimum atomic E-state index is -0.456. The van der Waals surface area contributed by atoms with E-state index in [0.29, 0.717) is 55.3 Å². The van der Waals surface area contributed by atoms with Crippen LogP contribution < -0.4 is 20.3 Å². The number of nitrogens with two attached hydrogens (primary N) is 1. The topological polar surface area (TPSA) is 106 Å². The highest BCUT2D eigenvalue weighted by Crippen LogP contribution is 2.31. The van der Waals surface area contributed by atoms with Gasteiger partial charge in [-0.15, -0.1) is 0 Å². The third-order valence-corrected chi connectivity index (χ3v) is 7.23. The van der Waals surface area contributed by atoms with Gasteiger partial charge in [-0.2, -0.15) is 4.98 Å². The fourth-order valence-corrected chi connectivity index (χ4v) is 4.99. The van der Waals surface area contributed by atoms with Gasteiger partial charge in [0.15, 0.2) is 11.6 Å². The van der Waals surface area contributed by atoms with Gasteiger partial charge >= 0.3 is 6.01 Å². The van der Waals surface area contributed by atoms with Crippen LogP contribution in [0.4, 0.5) is 20.7 Å². The quantitative estimate of drug-likeness (QED) is 0.504. The van der Waals surface area contributed by atoms with Crippen LogP contribution in [0.15, 0.2) is 35.1 Å². The van der Waals surface area contributed by atoms with Crippen LogP contribution in [0.25, 0.3) is 0 Å². The zero-order chi connectivity index (χ0) is 25.9. The van der Waals surface area contributed by atoms with Gasteiger partial charge < -0.3 is 24.8 Å². The number of rotatable bonds is 7. The Balaban J connectivity index is 1.09. The molecule has 1 aromatic carbocycles. The van der Waals surface area contributed by atoms with Crippen LogP contribution in [0.1, 0.15) is 56.3 Å². The van der Waals surface area contributed by atoms with Crippen molar-refractivity contribution in [1.82, 2.24) is 20.1 Å². The SMILES string of the molecule is CC(C)c1noc(N2CCC(COc3cnc(N4CCC(c5cc(F)ccc5F)C(N)C4)nc3)CC2)n1. The Kier molecular flexibility index (Phi) is 7.50. The molecule has 0 aliphatic carbocycles. The number of nitrogens with zero attached hydrogens (tertiary/aromatic N) is 6. The van der Waals surface area contributed by atoms with Crippen LogP contribution in [0.5, 0.6) is 5.75 Å². The summed E-state index contributed by atoms with van der Waals surface area (Å²) >= 11 is 0. The summed E-state index contributed by atoms with van der Waals surface area (Å²) in [5, 5.41) is 4.05. The minimum Gasteiger partial charge on any atom is -0.490 e. The summed E-state index contributed by atoms with van der Waals surface area (Å²) in [5.74, 6) is 1.43. The third-order valence-electron chi connectivity index (χ3n) is 7.23. The number of hydrogen-bond donors (Lipinski definition) is 1. The molecule has 0 bridgehead atoms. The zero-order valence-corrected chi connectivity index (χ0v) is 21.2. The van der Waals surface area contributed by atoms with E-state index in [9.17, 15) is 8.78 Å². The van der Waals surface area contributed by atoms with Crippen molar-refractivity contribution >= 4 is 12.0 Å². The summed E-state index contributed by atoms with van der Waals surface area (Å²) in [6, 6.07) is 3.76. The summed E-state index contributed by atoms with van der Waals surface area (Å²) in [6.45, 7) is 7.43. The second-order valence-electron chi connectivity index (χ2n) is 10.2. The molecule has 2 fully saturated rings. The highest BCUT2D eigenvalue weighted by Gasteiger charge is 2.31.